The number of carbonyl (C=O) groups is 2. The molecule has 3 atom stereocenters. The minimum absolute atomic E-state index is 0. The minimum Gasteiger partial charge on any atom is -1.00 e. The molecule has 6 heteroatoms. The van der Waals surface area contributed by atoms with Crippen LogP contribution in [-0.2, 0) is 9.59 Å². The van der Waals surface area contributed by atoms with E-state index in [2.05, 4.69) is 0 Å². The Balaban J connectivity index is 0.00000169. The van der Waals surface area contributed by atoms with Crippen molar-refractivity contribution >= 4 is 11.9 Å². The van der Waals surface area contributed by atoms with Gasteiger partial charge in [0, 0.05) is 12.8 Å². The highest BCUT2D eigenvalue weighted by molar-refractivity contribution is 5.74. The first kappa shape index (κ1) is 13.2. The van der Waals surface area contributed by atoms with E-state index in [-0.39, 0.29) is 12.4 Å². The Morgan fingerprint density at radius 1 is 1.43 bits per heavy atom. The van der Waals surface area contributed by atoms with Crippen molar-refractivity contribution in [3.63, 3.8) is 0 Å². The van der Waals surface area contributed by atoms with Crippen molar-refractivity contribution in [2.45, 2.75) is 31.8 Å². The summed E-state index contributed by atoms with van der Waals surface area (Å²) < 4.78 is 0. The first-order chi connectivity index (χ1) is 6.04. The lowest BCUT2D eigenvalue weighted by molar-refractivity contribution is -0.918. The van der Waals surface area contributed by atoms with Gasteiger partial charge in [0.15, 0.2) is 12.1 Å². The molecule has 0 radical (unpaired) electrons. The van der Waals surface area contributed by atoms with Gasteiger partial charge in [0.25, 0.3) is 0 Å². The molecule has 1 aliphatic rings. The van der Waals surface area contributed by atoms with Gasteiger partial charge < -0.3 is 27.5 Å². The van der Waals surface area contributed by atoms with Crippen LogP contribution in [0.25, 0.3) is 0 Å². The molecule has 1 rings (SSSR count). The Morgan fingerprint density at radius 3 is 2.43 bits per heavy atom. The maximum atomic E-state index is 10.7. The molecular weight excluding hydrogens is 210 g/mol. The smallest absolute Gasteiger partial charge is 0.362 e. The van der Waals surface area contributed by atoms with E-state index < -0.39 is 24.0 Å². The highest BCUT2D eigenvalue weighted by Gasteiger charge is 2.40. The second kappa shape index (κ2) is 5.17. The third-order valence-electron chi connectivity index (χ3n) is 2.63. The molecule has 0 bridgehead atoms. The normalized spacial score (nSPS) is 27.8. The second-order valence-electron chi connectivity index (χ2n) is 3.42. The van der Waals surface area contributed by atoms with Crippen LogP contribution < -0.4 is 17.3 Å². The van der Waals surface area contributed by atoms with E-state index in [1.54, 1.807) is 6.92 Å². The Hall–Kier alpha value is -0.810. The zero-order valence-corrected chi connectivity index (χ0v) is 8.62. The summed E-state index contributed by atoms with van der Waals surface area (Å²) in [5.41, 5.74) is 0. The molecule has 0 saturated carbocycles. The van der Waals surface area contributed by atoms with Crippen LogP contribution in [0, 0.1) is 0 Å². The van der Waals surface area contributed by atoms with E-state index >= 15 is 0 Å². The molecule has 1 heterocycles. The fourth-order valence-electron chi connectivity index (χ4n) is 1.83. The van der Waals surface area contributed by atoms with Gasteiger partial charge in [0.1, 0.15) is 0 Å². The van der Waals surface area contributed by atoms with E-state index in [0.29, 0.717) is 17.9 Å². The van der Waals surface area contributed by atoms with E-state index in [9.17, 15) is 9.59 Å². The molecule has 3 unspecified atom stereocenters. The Morgan fingerprint density at radius 2 is 2.00 bits per heavy atom. The van der Waals surface area contributed by atoms with E-state index in [0.717, 1.165) is 6.42 Å². The summed E-state index contributed by atoms with van der Waals surface area (Å²) in [4.78, 5) is 22.0. The molecule has 5 nitrogen and oxygen atoms in total. The van der Waals surface area contributed by atoms with Crippen molar-refractivity contribution in [1.29, 1.82) is 0 Å². The average molecular weight is 224 g/mol. The molecule has 1 aliphatic heterocycles. The number of likely N-dealkylation sites (tertiary alicyclic amines) is 1. The van der Waals surface area contributed by atoms with Crippen molar-refractivity contribution in [3.8, 4) is 0 Å². The van der Waals surface area contributed by atoms with Gasteiger partial charge in [-0.05, 0) is 6.92 Å². The van der Waals surface area contributed by atoms with Crippen molar-refractivity contribution in [2.75, 3.05) is 6.54 Å². The molecule has 0 aromatic carbocycles. The van der Waals surface area contributed by atoms with Gasteiger partial charge in [-0.3, -0.25) is 0 Å². The Labute approximate surface area is 88.1 Å². The van der Waals surface area contributed by atoms with Crippen LogP contribution in [-0.4, -0.2) is 40.8 Å². The molecule has 82 valence electrons. The van der Waals surface area contributed by atoms with E-state index in [4.69, 9.17) is 10.2 Å². The Bertz CT molecular complexity index is 233. The van der Waals surface area contributed by atoms with Crippen LogP contribution >= 0.6 is 0 Å². The molecule has 3 N–H and O–H groups in total. The van der Waals surface area contributed by atoms with Crippen LogP contribution in [0.2, 0.25) is 0 Å². The first-order valence-electron chi connectivity index (χ1n) is 4.35. The fourth-order valence-corrected chi connectivity index (χ4v) is 1.83. The summed E-state index contributed by atoms with van der Waals surface area (Å²) in [6.45, 7) is 2.20. The van der Waals surface area contributed by atoms with Crippen LogP contribution in [0.1, 0.15) is 19.8 Å². The largest absolute Gasteiger partial charge is 1.00 e. The average Bonchev–Trinajstić information content (AvgIpc) is 2.50. The Kier molecular flexibility index (Phi) is 4.87. The summed E-state index contributed by atoms with van der Waals surface area (Å²) >= 11 is 0. The number of halogens is 1. The van der Waals surface area contributed by atoms with Gasteiger partial charge in [-0.1, -0.05) is 0 Å². The van der Waals surface area contributed by atoms with Gasteiger partial charge in [0.05, 0.1) is 6.54 Å². The topological polar surface area (TPSA) is 79.0 Å². The molecule has 0 aromatic heterocycles. The predicted octanol–water partition coefficient (Wildman–Crippen LogP) is -4.40. The molecule has 0 aromatic rings. The summed E-state index contributed by atoms with van der Waals surface area (Å²) in [6, 6.07) is -1.16. The van der Waals surface area contributed by atoms with Crippen molar-refractivity contribution < 1.29 is 37.1 Å². The number of carboxylic acids is 2. The van der Waals surface area contributed by atoms with Crippen LogP contribution in [0.15, 0.2) is 0 Å². The zero-order chi connectivity index (χ0) is 10.0. The number of nitrogens with one attached hydrogen (secondary N) is 1. The van der Waals surface area contributed by atoms with Crippen LogP contribution in [0.3, 0.4) is 0 Å². The lowest BCUT2D eigenvalue weighted by atomic mass is 10.2. The molecule has 0 spiro atoms. The predicted molar refractivity (Wildman–Crippen MR) is 43.6 cm³/mol. The third kappa shape index (κ3) is 2.59. The lowest BCUT2D eigenvalue weighted by Gasteiger charge is -2.21. The lowest BCUT2D eigenvalue weighted by Crippen LogP contribution is -3.18. The second-order valence-corrected chi connectivity index (χ2v) is 3.42. The minimum atomic E-state index is -0.928. The number of aliphatic carboxylic acids is 2. The number of quaternary nitrogens is 1. The van der Waals surface area contributed by atoms with Gasteiger partial charge >= 0.3 is 11.9 Å². The molecule has 0 aliphatic carbocycles. The van der Waals surface area contributed by atoms with E-state index in [1.807, 2.05) is 0 Å². The van der Waals surface area contributed by atoms with Gasteiger partial charge in [0.2, 0.25) is 0 Å². The summed E-state index contributed by atoms with van der Waals surface area (Å²) in [5, 5.41) is 17.5. The molecule has 0 amide bonds. The van der Waals surface area contributed by atoms with Gasteiger partial charge in [-0.15, -0.1) is 0 Å². The monoisotopic (exact) mass is 223 g/mol. The van der Waals surface area contributed by atoms with Crippen LogP contribution in [0.4, 0.5) is 0 Å². The zero-order valence-electron chi connectivity index (χ0n) is 7.86. The summed E-state index contributed by atoms with van der Waals surface area (Å²) in [7, 11) is 0. The fraction of sp³-hybridized carbons (Fsp3) is 0.750. The van der Waals surface area contributed by atoms with Crippen molar-refractivity contribution in [3.05, 3.63) is 0 Å². The van der Waals surface area contributed by atoms with Crippen molar-refractivity contribution in [1.82, 2.24) is 0 Å². The highest BCUT2D eigenvalue weighted by atomic mass is 35.5. The maximum absolute atomic E-state index is 10.7. The molecule has 1 saturated heterocycles. The molecule has 1 fully saturated rings. The number of rotatable bonds is 3. The SMILES string of the molecule is CC(C(=O)O)[NH+]1CCCC1C(=O)O.[Cl-]. The number of carboxylic acid groups (broad SMARTS) is 2. The number of hydrogen-bond donors (Lipinski definition) is 3. The highest BCUT2D eigenvalue weighted by Crippen LogP contribution is 2.01. The third-order valence-corrected chi connectivity index (χ3v) is 2.63. The maximum Gasteiger partial charge on any atom is 0.362 e. The summed E-state index contributed by atoms with van der Waals surface area (Å²) in [6.07, 6.45) is 1.38. The first-order valence-corrected chi connectivity index (χ1v) is 4.35. The van der Waals surface area contributed by atoms with Crippen LogP contribution in [0.5, 0.6) is 0 Å². The van der Waals surface area contributed by atoms with Gasteiger partial charge in [-0.25, -0.2) is 9.59 Å². The summed E-state index contributed by atoms with van der Waals surface area (Å²) in [5.74, 6) is -1.82. The van der Waals surface area contributed by atoms with Crippen molar-refractivity contribution in [2.24, 2.45) is 0 Å². The molecule has 14 heavy (non-hydrogen) atoms. The number of hydrogen-bond acceptors (Lipinski definition) is 2. The quantitative estimate of drug-likeness (QED) is 0.452. The molecular formula is C8H14ClNO4. The van der Waals surface area contributed by atoms with Gasteiger partial charge in [-0.2, -0.15) is 0 Å². The van der Waals surface area contributed by atoms with E-state index in [1.165, 1.54) is 0 Å². The standard InChI is InChI=1S/C8H13NO4.ClH/c1-5(7(10)11)9-4-2-3-6(9)8(12)13;/h5-6H,2-4H2,1H3,(H,10,11)(H,12,13);1H.